The minimum atomic E-state index is -0.969. The van der Waals surface area contributed by atoms with Gasteiger partial charge in [-0.3, -0.25) is 4.79 Å². The number of nitrogens with zero attached hydrogens (tertiary/aromatic N) is 3. The molecule has 0 fully saturated rings. The number of carbonyl (C=O) groups excluding carboxylic acids is 1. The lowest BCUT2D eigenvalue weighted by molar-refractivity contribution is 0.0325. The predicted octanol–water partition coefficient (Wildman–Crippen LogP) is -1.15. The summed E-state index contributed by atoms with van der Waals surface area (Å²) in [4.78, 5) is 13.3. The quantitative estimate of drug-likeness (QED) is 0.590. The number of amides is 1. The van der Waals surface area contributed by atoms with E-state index in [-0.39, 0.29) is 18.1 Å². The number of aromatic amines is 1. The van der Waals surface area contributed by atoms with Crippen LogP contribution >= 0.6 is 0 Å². The average Bonchev–Trinajstić information content (AvgIpc) is 2.64. The lowest BCUT2D eigenvalue weighted by Gasteiger charge is -2.26. The first-order valence-corrected chi connectivity index (χ1v) is 4.92. The average molecular weight is 227 g/mol. The Labute approximate surface area is 93.8 Å². The minimum absolute atomic E-state index is 0.164. The molecule has 0 aliphatic heterocycles. The second-order valence-corrected chi connectivity index (χ2v) is 4.27. The molecule has 0 aliphatic carbocycles. The summed E-state index contributed by atoms with van der Waals surface area (Å²) in [5.74, 6) is -0.354. The largest absolute Gasteiger partial charge is 0.387 e. The molecular formula is C9H17N5O2. The Balaban J connectivity index is 2.42. The van der Waals surface area contributed by atoms with E-state index in [9.17, 15) is 9.90 Å². The Bertz CT molecular complexity index is 334. The fraction of sp³-hybridized carbons (Fsp3) is 0.667. The van der Waals surface area contributed by atoms with Crippen LogP contribution in [0.15, 0.2) is 6.20 Å². The van der Waals surface area contributed by atoms with Crippen LogP contribution in [0.3, 0.4) is 0 Å². The van der Waals surface area contributed by atoms with Crippen molar-refractivity contribution in [3.63, 3.8) is 0 Å². The number of H-pyrrole nitrogens is 1. The van der Waals surface area contributed by atoms with Crippen LogP contribution < -0.4 is 5.32 Å². The molecule has 1 heterocycles. The van der Waals surface area contributed by atoms with E-state index < -0.39 is 5.60 Å². The van der Waals surface area contributed by atoms with Crippen molar-refractivity contribution in [3.8, 4) is 0 Å². The summed E-state index contributed by atoms with van der Waals surface area (Å²) in [6.07, 6.45) is 1.33. The fourth-order valence-corrected chi connectivity index (χ4v) is 1.41. The molecule has 7 nitrogen and oxygen atoms in total. The molecular weight excluding hydrogens is 210 g/mol. The van der Waals surface area contributed by atoms with E-state index in [1.807, 2.05) is 19.0 Å². The normalized spacial score (nSPS) is 14.8. The first kappa shape index (κ1) is 12.6. The Morgan fingerprint density at radius 1 is 1.69 bits per heavy atom. The van der Waals surface area contributed by atoms with Crippen LogP contribution in [-0.4, -0.2) is 64.1 Å². The van der Waals surface area contributed by atoms with Crippen molar-refractivity contribution in [1.82, 2.24) is 25.6 Å². The highest BCUT2D eigenvalue weighted by atomic mass is 16.3. The maximum atomic E-state index is 11.5. The Morgan fingerprint density at radius 2 is 2.38 bits per heavy atom. The van der Waals surface area contributed by atoms with Crippen LogP contribution in [0.4, 0.5) is 0 Å². The molecule has 0 saturated carbocycles. The standard InChI is InChI=1S/C9H17N5O2/c1-9(16,6-14(2)3)5-10-8(15)7-4-11-13-12-7/h4,16H,5-6H2,1-3H3,(H,10,15)(H,11,12,13). The summed E-state index contributed by atoms with van der Waals surface area (Å²) in [5, 5.41) is 22.0. The van der Waals surface area contributed by atoms with Gasteiger partial charge in [-0.25, -0.2) is 0 Å². The third-order valence-electron chi connectivity index (χ3n) is 1.93. The van der Waals surface area contributed by atoms with Gasteiger partial charge in [0.2, 0.25) is 0 Å². The van der Waals surface area contributed by atoms with Gasteiger partial charge < -0.3 is 15.3 Å². The van der Waals surface area contributed by atoms with Gasteiger partial charge in [0.05, 0.1) is 11.8 Å². The number of aromatic nitrogens is 3. The maximum Gasteiger partial charge on any atom is 0.273 e. The Morgan fingerprint density at radius 3 is 2.88 bits per heavy atom. The van der Waals surface area contributed by atoms with E-state index in [0.29, 0.717) is 6.54 Å². The maximum absolute atomic E-state index is 11.5. The van der Waals surface area contributed by atoms with E-state index >= 15 is 0 Å². The lowest BCUT2D eigenvalue weighted by atomic mass is 10.1. The summed E-state index contributed by atoms with van der Waals surface area (Å²) < 4.78 is 0. The first-order valence-electron chi connectivity index (χ1n) is 4.92. The molecule has 1 rings (SSSR count). The second-order valence-electron chi connectivity index (χ2n) is 4.27. The van der Waals surface area contributed by atoms with E-state index in [1.54, 1.807) is 6.92 Å². The zero-order valence-corrected chi connectivity index (χ0v) is 9.69. The van der Waals surface area contributed by atoms with Crippen molar-refractivity contribution in [2.75, 3.05) is 27.2 Å². The van der Waals surface area contributed by atoms with Crippen molar-refractivity contribution in [2.45, 2.75) is 12.5 Å². The molecule has 0 bridgehead atoms. The first-order chi connectivity index (χ1) is 7.41. The van der Waals surface area contributed by atoms with E-state index in [0.717, 1.165) is 0 Å². The smallest absolute Gasteiger partial charge is 0.273 e. The van der Waals surface area contributed by atoms with Crippen LogP contribution in [0.1, 0.15) is 17.4 Å². The molecule has 0 saturated heterocycles. The highest BCUT2D eigenvalue weighted by molar-refractivity contribution is 5.91. The molecule has 1 unspecified atom stereocenters. The van der Waals surface area contributed by atoms with Crippen molar-refractivity contribution in [3.05, 3.63) is 11.9 Å². The van der Waals surface area contributed by atoms with Crippen molar-refractivity contribution >= 4 is 5.91 Å². The Kier molecular flexibility index (Phi) is 3.97. The number of rotatable bonds is 5. The number of hydrogen-bond acceptors (Lipinski definition) is 5. The lowest BCUT2D eigenvalue weighted by Crippen LogP contribution is -2.47. The van der Waals surface area contributed by atoms with Gasteiger partial charge in [-0.2, -0.15) is 15.4 Å². The van der Waals surface area contributed by atoms with Gasteiger partial charge in [-0.05, 0) is 21.0 Å². The third kappa shape index (κ3) is 3.95. The van der Waals surface area contributed by atoms with E-state index in [1.165, 1.54) is 6.20 Å². The predicted molar refractivity (Wildman–Crippen MR) is 57.9 cm³/mol. The summed E-state index contributed by atoms with van der Waals surface area (Å²) in [7, 11) is 3.71. The monoisotopic (exact) mass is 227 g/mol. The SMILES string of the molecule is CN(C)CC(C)(O)CNC(=O)c1cn[nH]n1. The second kappa shape index (κ2) is 5.04. The van der Waals surface area contributed by atoms with Crippen molar-refractivity contribution in [2.24, 2.45) is 0 Å². The van der Waals surface area contributed by atoms with Gasteiger partial charge in [0.25, 0.3) is 5.91 Å². The zero-order chi connectivity index (χ0) is 12.2. The number of hydrogen-bond donors (Lipinski definition) is 3. The summed E-state index contributed by atoms with van der Waals surface area (Å²) in [6, 6.07) is 0. The molecule has 90 valence electrons. The zero-order valence-electron chi connectivity index (χ0n) is 9.69. The van der Waals surface area contributed by atoms with Gasteiger partial charge in [0.1, 0.15) is 0 Å². The van der Waals surface area contributed by atoms with Crippen molar-refractivity contribution in [1.29, 1.82) is 0 Å². The van der Waals surface area contributed by atoms with E-state index in [4.69, 9.17) is 0 Å². The summed E-state index contributed by atoms with van der Waals surface area (Å²) in [5.41, 5.74) is -0.760. The number of nitrogens with one attached hydrogen (secondary N) is 2. The van der Waals surface area contributed by atoms with Crippen LogP contribution in [0.25, 0.3) is 0 Å². The molecule has 0 aromatic carbocycles. The van der Waals surface area contributed by atoms with Crippen LogP contribution in [0.2, 0.25) is 0 Å². The summed E-state index contributed by atoms with van der Waals surface area (Å²) in [6.45, 7) is 2.29. The molecule has 0 spiro atoms. The highest BCUT2D eigenvalue weighted by Gasteiger charge is 2.22. The fourth-order valence-electron chi connectivity index (χ4n) is 1.41. The van der Waals surface area contributed by atoms with E-state index in [2.05, 4.69) is 20.7 Å². The molecule has 16 heavy (non-hydrogen) atoms. The van der Waals surface area contributed by atoms with Crippen LogP contribution in [0, 0.1) is 0 Å². The highest BCUT2D eigenvalue weighted by Crippen LogP contribution is 2.02. The molecule has 1 aromatic heterocycles. The van der Waals surface area contributed by atoms with Gasteiger partial charge >= 0.3 is 0 Å². The number of likely N-dealkylation sites (N-methyl/N-ethyl adjacent to an activating group) is 1. The molecule has 1 aromatic rings. The van der Waals surface area contributed by atoms with Gasteiger partial charge in [0.15, 0.2) is 5.69 Å². The molecule has 1 amide bonds. The van der Waals surface area contributed by atoms with Crippen LogP contribution in [-0.2, 0) is 0 Å². The van der Waals surface area contributed by atoms with Gasteiger partial charge in [0, 0.05) is 13.1 Å². The Hall–Kier alpha value is -1.47. The van der Waals surface area contributed by atoms with Crippen LogP contribution in [0.5, 0.6) is 0 Å². The topological polar surface area (TPSA) is 94.1 Å². The number of aliphatic hydroxyl groups is 1. The van der Waals surface area contributed by atoms with Gasteiger partial charge in [-0.1, -0.05) is 0 Å². The minimum Gasteiger partial charge on any atom is -0.387 e. The molecule has 3 N–H and O–H groups in total. The summed E-state index contributed by atoms with van der Waals surface area (Å²) >= 11 is 0. The third-order valence-corrected chi connectivity index (χ3v) is 1.93. The van der Waals surface area contributed by atoms with Crippen molar-refractivity contribution < 1.29 is 9.90 Å². The number of carbonyl (C=O) groups is 1. The molecule has 1 atom stereocenters. The molecule has 0 aliphatic rings. The van der Waals surface area contributed by atoms with Gasteiger partial charge in [-0.15, -0.1) is 0 Å². The molecule has 7 heteroatoms. The molecule has 0 radical (unpaired) electrons.